The lowest BCUT2D eigenvalue weighted by atomic mass is 10.2. The zero-order chi connectivity index (χ0) is 13.0. The molecule has 6 heteroatoms. The second kappa shape index (κ2) is 5.31. The molecule has 0 unspecified atom stereocenters. The molecule has 0 atom stereocenters. The van der Waals surface area contributed by atoms with Crippen molar-refractivity contribution in [3.8, 4) is 5.69 Å². The van der Waals surface area contributed by atoms with Gasteiger partial charge in [-0.25, -0.2) is 4.68 Å². The summed E-state index contributed by atoms with van der Waals surface area (Å²) in [4.78, 5) is 11.4. The number of esters is 1. The van der Waals surface area contributed by atoms with Gasteiger partial charge in [0.1, 0.15) is 0 Å². The quantitative estimate of drug-likeness (QED) is 0.641. The van der Waals surface area contributed by atoms with Crippen molar-refractivity contribution in [2.24, 2.45) is 0 Å². The molecule has 0 radical (unpaired) electrons. The third-order valence-corrected chi connectivity index (χ3v) is 2.37. The van der Waals surface area contributed by atoms with Crippen molar-refractivity contribution in [3.63, 3.8) is 0 Å². The van der Waals surface area contributed by atoms with Crippen LogP contribution in [0.1, 0.15) is 12.6 Å². The third-order valence-electron chi connectivity index (χ3n) is 2.37. The van der Waals surface area contributed by atoms with E-state index in [4.69, 9.17) is 10.5 Å². The predicted molar refractivity (Wildman–Crippen MR) is 66.1 cm³/mol. The van der Waals surface area contributed by atoms with E-state index in [-0.39, 0.29) is 12.4 Å². The van der Waals surface area contributed by atoms with Gasteiger partial charge < -0.3 is 10.5 Å². The van der Waals surface area contributed by atoms with E-state index < -0.39 is 0 Å². The van der Waals surface area contributed by atoms with Gasteiger partial charge in [0.15, 0.2) is 0 Å². The molecule has 94 valence electrons. The smallest absolute Gasteiger partial charge is 0.311 e. The van der Waals surface area contributed by atoms with E-state index in [0.29, 0.717) is 18.0 Å². The molecule has 1 heterocycles. The van der Waals surface area contributed by atoms with Crippen LogP contribution in [0.2, 0.25) is 0 Å². The zero-order valence-electron chi connectivity index (χ0n) is 10.0. The Kier molecular flexibility index (Phi) is 3.57. The number of rotatable bonds is 4. The molecule has 0 spiro atoms. The summed E-state index contributed by atoms with van der Waals surface area (Å²) in [6, 6.07) is 7.22. The minimum absolute atomic E-state index is 0.135. The molecule has 0 aliphatic carbocycles. The first-order chi connectivity index (χ1) is 8.70. The molecule has 0 aliphatic rings. The highest BCUT2D eigenvalue weighted by molar-refractivity contribution is 5.72. The highest BCUT2D eigenvalue weighted by atomic mass is 16.5. The maximum atomic E-state index is 11.4. The molecule has 0 amide bonds. The fourth-order valence-electron chi connectivity index (χ4n) is 1.61. The first kappa shape index (κ1) is 12.1. The Morgan fingerprint density at radius 3 is 3.06 bits per heavy atom. The molecule has 0 fully saturated rings. The number of carbonyl (C=O) groups is 1. The molecule has 0 saturated carbocycles. The van der Waals surface area contributed by atoms with Gasteiger partial charge >= 0.3 is 5.97 Å². The van der Waals surface area contributed by atoms with Crippen LogP contribution >= 0.6 is 0 Å². The summed E-state index contributed by atoms with van der Waals surface area (Å²) in [6.45, 7) is 2.13. The topological polar surface area (TPSA) is 83.0 Å². The van der Waals surface area contributed by atoms with E-state index in [1.807, 2.05) is 12.1 Å². The Labute approximate surface area is 104 Å². The standard InChI is InChI=1S/C12H14N4O2/c1-2-18-12(17)7-11-8-14-15-16(11)10-5-3-4-9(13)6-10/h3-6,8H,2,7,13H2,1H3. The molecule has 6 nitrogen and oxygen atoms in total. The number of hydrogen-bond acceptors (Lipinski definition) is 5. The first-order valence-corrected chi connectivity index (χ1v) is 5.62. The zero-order valence-corrected chi connectivity index (χ0v) is 10.0. The lowest BCUT2D eigenvalue weighted by Crippen LogP contribution is -2.11. The minimum Gasteiger partial charge on any atom is -0.466 e. The van der Waals surface area contributed by atoms with Crippen molar-refractivity contribution in [2.45, 2.75) is 13.3 Å². The lowest BCUT2D eigenvalue weighted by Gasteiger charge is -2.06. The fraction of sp³-hybridized carbons (Fsp3) is 0.250. The number of nitrogen functional groups attached to an aromatic ring is 1. The van der Waals surface area contributed by atoms with Gasteiger partial charge in [-0.3, -0.25) is 4.79 Å². The Balaban J connectivity index is 2.25. The Hall–Kier alpha value is -2.37. The van der Waals surface area contributed by atoms with Gasteiger partial charge in [-0.1, -0.05) is 11.3 Å². The second-order valence-corrected chi connectivity index (χ2v) is 3.71. The molecule has 0 bridgehead atoms. The van der Waals surface area contributed by atoms with E-state index in [1.165, 1.54) is 0 Å². The van der Waals surface area contributed by atoms with Gasteiger partial charge in [-0.2, -0.15) is 0 Å². The Bertz CT molecular complexity index is 551. The van der Waals surface area contributed by atoms with Gasteiger partial charge in [0, 0.05) is 5.69 Å². The number of carbonyl (C=O) groups excluding carboxylic acids is 1. The Morgan fingerprint density at radius 2 is 2.33 bits per heavy atom. The van der Waals surface area contributed by atoms with Gasteiger partial charge in [-0.15, -0.1) is 5.10 Å². The van der Waals surface area contributed by atoms with E-state index in [2.05, 4.69) is 10.3 Å². The summed E-state index contributed by atoms with van der Waals surface area (Å²) in [5, 5.41) is 7.75. The summed E-state index contributed by atoms with van der Waals surface area (Å²) in [6.07, 6.45) is 1.68. The van der Waals surface area contributed by atoms with Crippen molar-refractivity contribution in [2.75, 3.05) is 12.3 Å². The monoisotopic (exact) mass is 246 g/mol. The molecule has 0 saturated heterocycles. The van der Waals surface area contributed by atoms with Crippen LogP contribution < -0.4 is 5.73 Å². The molecule has 1 aromatic heterocycles. The summed E-state index contributed by atoms with van der Waals surface area (Å²) < 4.78 is 6.47. The maximum absolute atomic E-state index is 11.4. The molecular formula is C12H14N4O2. The molecule has 2 rings (SSSR count). The number of nitrogens with zero attached hydrogens (tertiary/aromatic N) is 3. The number of aromatic nitrogens is 3. The third kappa shape index (κ3) is 2.65. The van der Waals surface area contributed by atoms with Crippen molar-refractivity contribution >= 4 is 11.7 Å². The average molecular weight is 246 g/mol. The highest BCUT2D eigenvalue weighted by Crippen LogP contribution is 2.13. The summed E-state index contributed by atoms with van der Waals surface area (Å²) >= 11 is 0. The molecule has 0 aliphatic heterocycles. The SMILES string of the molecule is CCOC(=O)Cc1cnnn1-c1cccc(N)c1. The lowest BCUT2D eigenvalue weighted by molar-refractivity contribution is -0.142. The molecular weight excluding hydrogens is 232 g/mol. The van der Waals surface area contributed by atoms with Gasteiger partial charge in [0.05, 0.1) is 30.6 Å². The number of ether oxygens (including phenoxy) is 1. The number of nitrogens with two attached hydrogens (primary N) is 1. The molecule has 18 heavy (non-hydrogen) atoms. The summed E-state index contributed by atoms with van der Waals surface area (Å²) in [5.74, 6) is -0.301. The molecule has 2 aromatic rings. The van der Waals surface area contributed by atoms with Crippen molar-refractivity contribution in [3.05, 3.63) is 36.2 Å². The Morgan fingerprint density at radius 1 is 1.50 bits per heavy atom. The fourth-order valence-corrected chi connectivity index (χ4v) is 1.61. The minimum atomic E-state index is -0.301. The van der Waals surface area contributed by atoms with Crippen LogP contribution in [0.4, 0.5) is 5.69 Å². The second-order valence-electron chi connectivity index (χ2n) is 3.71. The average Bonchev–Trinajstić information content (AvgIpc) is 2.77. The highest BCUT2D eigenvalue weighted by Gasteiger charge is 2.11. The summed E-state index contributed by atoms with van der Waals surface area (Å²) in [5.41, 5.74) is 7.78. The summed E-state index contributed by atoms with van der Waals surface area (Å²) in [7, 11) is 0. The van der Waals surface area contributed by atoms with Crippen LogP contribution in [0, 0.1) is 0 Å². The van der Waals surface area contributed by atoms with Crippen LogP contribution in [0.5, 0.6) is 0 Å². The predicted octanol–water partition coefficient (Wildman–Crippen LogP) is 0.955. The molecule has 2 N–H and O–H groups in total. The molecule has 1 aromatic carbocycles. The van der Waals surface area contributed by atoms with Crippen LogP contribution in [-0.4, -0.2) is 27.6 Å². The van der Waals surface area contributed by atoms with Gasteiger partial charge in [-0.05, 0) is 25.1 Å². The van der Waals surface area contributed by atoms with E-state index in [0.717, 1.165) is 5.69 Å². The largest absolute Gasteiger partial charge is 0.466 e. The number of anilines is 1. The van der Waals surface area contributed by atoms with Gasteiger partial charge in [0.2, 0.25) is 0 Å². The van der Waals surface area contributed by atoms with E-state index >= 15 is 0 Å². The van der Waals surface area contributed by atoms with Crippen LogP contribution in [0.3, 0.4) is 0 Å². The number of hydrogen-bond donors (Lipinski definition) is 1. The van der Waals surface area contributed by atoms with Crippen LogP contribution in [0.25, 0.3) is 5.69 Å². The van der Waals surface area contributed by atoms with Crippen molar-refractivity contribution in [1.82, 2.24) is 15.0 Å². The van der Waals surface area contributed by atoms with Crippen LogP contribution in [-0.2, 0) is 16.0 Å². The van der Waals surface area contributed by atoms with E-state index in [9.17, 15) is 4.79 Å². The van der Waals surface area contributed by atoms with E-state index in [1.54, 1.807) is 29.9 Å². The van der Waals surface area contributed by atoms with Crippen molar-refractivity contribution in [1.29, 1.82) is 0 Å². The van der Waals surface area contributed by atoms with Crippen molar-refractivity contribution < 1.29 is 9.53 Å². The maximum Gasteiger partial charge on any atom is 0.311 e. The first-order valence-electron chi connectivity index (χ1n) is 5.62. The number of benzene rings is 1. The normalized spacial score (nSPS) is 10.3. The van der Waals surface area contributed by atoms with Crippen LogP contribution in [0.15, 0.2) is 30.5 Å². The van der Waals surface area contributed by atoms with Gasteiger partial charge in [0.25, 0.3) is 0 Å².